The monoisotopic (exact) mass is 393 g/mol. The highest BCUT2D eigenvalue weighted by Crippen LogP contribution is 2.15. The first-order valence-corrected chi connectivity index (χ1v) is 10.9. The second-order valence-corrected chi connectivity index (χ2v) is 8.96. The van der Waals surface area contributed by atoms with E-state index in [9.17, 15) is 13.2 Å². The minimum atomic E-state index is -3.49. The lowest BCUT2D eigenvalue weighted by molar-refractivity contribution is 0.0645. The van der Waals surface area contributed by atoms with Crippen molar-refractivity contribution in [1.29, 1.82) is 0 Å². The molecule has 3 rings (SSSR count). The molecule has 0 aliphatic carbocycles. The molecule has 6 nitrogen and oxygen atoms in total. The molecule has 0 atom stereocenters. The van der Waals surface area contributed by atoms with Crippen molar-refractivity contribution in [2.45, 2.75) is 11.8 Å². The molecule has 1 N–H and O–H groups in total. The number of carbonyl (C=O) groups is 1. The van der Waals surface area contributed by atoms with Crippen LogP contribution in [-0.2, 0) is 10.0 Å². The van der Waals surface area contributed by atoms with Crippen LogP contribution in [0.3, 0.4) is 0 Å². The summed E-state index contributed by atoms with van der Waals surface area (Å²) in [5.41, 5.74) is 0.737. The first kappa shape index (κ1) is 19.0. The van der Waals surface area contributed by atoms with E-state index in [0.29, 0.717) is 31.1 Å². The van der Waals surface area contributed by atoms with Crippen molar-refractivity contribution in [1.82, 2.24) is 14.5 Å². The van der Waals surface area contributed by atoms with Crippen molar-refractivity contribution in [2.75, 3.05) is 39.3 Å². The molecule has 0 radical (unpaired) electrons. The molecule has 140 valence electrons. The van der Waals surface area contributed by atoms with Gasteiger partial charge in [0, 0.05) is 39.3 Å². The normalized spacial score (nSPS) is 16.0. The molecule has 1 aliphatic rings. The molecule has 1 aromatic carbocycles. The Bertz CT molecular complexity index is 842. The summed E-state index contributed by atoms with van der Waals surface area (Å²) < 4.78 is 27.4. The number of hydrogen-bond donors (Lipinski definition) is 1. The van der Waals surface area contributed by atoms with E-state index in [1.165, 1.54) is 11.3 Å². The number of amides is 1. The van der Waals surface area contributed by atoms with Gasteiger partial charge in [-0.15, -0.1) is 11.3 Å². The number of piperazine rings is 1. The Morgan fingerprint density at radius 2 is 1.85 bits per heavy atom. The molecule has 1 aliphatic heterocycles. The highest BCUT2D eigenvalue weighted by Gasteiger charge is 2.23. The number of rotatable bonds is 6. The summed E-state index contributed by atoms with van der Waals surface area (Å²) in [4.78, 5) is 17.5. The largest absolute Gasteiger partial charge is 0.335 e. The van der Waals surface area contributed by atoms with Crippen LogP contribution in [0.4, 0.5) is 0 Å². The fourth-order valence-electron chi connectivity index (χ4n) is 3.00. The Hall–Kier alpha value is -1.74. The Morgan fingerprint density at radius 3 is 2.50 bits per heavy atom. The zero-order valence-electron chi connectivity index (χ0n) is 14.7. The molecule has 1 aromatic heterocycles. The topological polar surface area (TPSA) is 69.7 Å². The van der Waals surface area contributed by atoms with Crippen molar-refractivity contribution in [2.24, 2.45) is 0 Å². The van der Waals surface area contributed by atoms with Crippen LogP contribution >= 0.6 is 11.3 Å². The molecule has 0 bridgehead atoms. The van der Waals surface area contributed by atoms with Crippen molar-refractivity contribution < 1.29 is 13.2 Å². The predicted octanol–water partition coefficient (Wildman–Crippen LogP) is 1.79. The lowest BCUT2D eigenvalue weighted by Crippen LogP contribution is -2.50. The van der Waals surface area contributed by atoms with Crippen molar-refractivity contribution in [3.05, 3.63) is 52.2 Å². The SMILES string of the molecule is Cc1ccccc1S(=O)(=O)NCCN1CCN(C(=O)c2cccs2)CC1. The Morgan fingerprint density at radius 1 is 1.12 bits per heavy atom. The van der Waals surface area contributed by atoms with E-state index < -0.39 is 10.0 Å². The van der Waals surface area contributed by atoms with Crippen LogP contribution in [0.15, 0.2) is 46.7 Å². The Kier molecular flexibility index (Phi) is 6.08. The van der Waals surface area contributed by atoms with Gasteiger partial charge in [0.2, 0.25) is 10.0 Å². The van der Waals surface area contributed by atoms with Gasteiger partial charge in [-0.25, -0.2) is 13.1 Å². The highest BCUT2D eigenvalue weighted by molar-refractivity contribution is 7.89. The molecule has 1 fully saturated rings. The Labute approximate surface area is 158 Å². The van der Waals surface area contributed by atoms with Gasteiger partial charge < -0.3 is 4.90 Å². The zero-order chi connectivity index (χ0) is 18.6. The van der Waals surface area contributed by atoms with E-state index in [-0.39, 0.29) is 5.91 Å². The number of thiophene rings is 1. The third-order valence-corrected chi connectivity index (χ3v) is 6.97. The van der Waals surface area contributed by atoms with Crippen LogP contribution in [0.1, 0.15) is 15.2 Å². The molecule has 0 spiro atoms. The average Bonchev–Trinajstić information content (AvgIpc) is 3.16. The lowest BCUT2D eigenvalue weighted by atomic mass is 10.2. The van der Waals surface area contributed by atoms with E-state index in [1.807, 2.05) is 28.5 Å². The van der Waals surface area contributed by atoms with Gasteiger partial charge in [-0.2, -0.15) is 0 Å². The molecular formula is C18H23N3O3S2. The van der Waals surface area contributed by atoms with Crippen LogP contribution in [0, 0.1) is 6.92 Å². The second-order valence-electron chi connectivity index (χ2n) is 6.27. The lowest BCUT2D eigenvalue weighted by Gasteiger charge is -2.34. The van der Waals surface area contributed by atoms with Crippen molar-refractivity contribution in [3.63, 3.8) is 0 Å². The van der Waals surface area contributed by atoms with Crippen molar-refractivity contribution in [3.8, 4) is 0 Å². The summed E-state index contributed by atoms with van der Waals surface area (Å²) in [5, 5.41) is 1.91. The van der Waals surface area contributed by atoms with Gasteiger partial charge in [0.1, 0.15) is 0 Å². The van der Waals surface area contributed by atoms with Crippen LogP contribution in [-0.4, -0.2) is 63.4 Å². The van der Waals surface area contributed by atoms with Crippen LogP contribution < -0.4 is 4.72 Å². The maximum Gasteiger partial charge on any atom is 0.264 e. The van der Waals surface area contributed by atoms with Gasteiger partial charge in [0.15, 0.2) is 0 Å². The van der Waals surface area contributed by atoms with Crippen LogP contribution in [0.2, 0.25) is 0 Å². The number of nitrogens with zero attached hydrogens (tertiary/aromatic N) is 2. The van der Waals surface area contributed by atoms with E-state index >= 15 is 0 Å². The van der Waals surface area contributed by atoms with E-state index in [2.05, 4.69) is 9.62 Å². The second kappa shape index (κ2) is 8.30. The Balaban J connectivity index is 1.46. The average molecular weight is 394 g/mol. The molecule has 26 heavy (non-hydrogen) atoms. The molecule has 1 saturated heterocycles. The van der Waals surface area contributed by atoms with Crippen molar-refractivity contribution >= 4 is 27.3 Å². The first-order chi connectivity index (χ1) is 12.5. The molecule has 1 amide bonds. The standard InChI is InChI=1S/C18H23N3O3S2/c1-15-5-2-3-7-17(15)26(23,24)19-8-9-20-10-12-21(13-11-20)18(22)16-6-4-14-25-16/h2-7,14,19H,8-13H2,1H3. The predicted molar refractivity (Wildman–Crippen MR) is 103 cm³/mol. The quantitative estimate of drug-likeness (QED) is 0.812. The summed E-state index contributed by atoms with van der Waals surface area (Å²) >= 11 is 1.46. The molecule has 0 unspecified atom stereocenters. The maximum absolute atomic E-state index is 12.4. The van der Waals surface area contributed by atoms with E-state index in [1.54, 1.807) is 25.1 Å². The number of carbonyl (C=O) groups excluding carboxylic acids is 1. The van der Waals surface area contributed by atoms with Gasteiger partial charge in [-0.3, -0.25) is 9.69 Å². The minimum Gasteiger partial charge on any atom is -0.335 e. The zero-order valence-corrected chi connectivity index (χ0v) is 16.4. The number of benzene rings is 1. The molecule has 8 heteroatoms. The minimum absolute atomic E-state index is 0.0832. The van der Waals surface area contributed by atoms with Gasteiger partial charge in [0.05, 0.1) is 9.77 Å². The maximum atomic E-state index is 12.4. The van der Waals surface area contributed by atoms with Gasteiger partial charge in [0.25, 0.3) is 5.91 Å². The third kappa shape index (κ3) is 4.50. The van der Waals surface area contributed by atoms with Gasteiger partial charge >= 0.3 is 0 Å². The number of hydrogen-bond acceptors (Lipinski definition) is 5. The van der Waals surface area contributed by atoms with E-state index in [0.717, 1.165) is 23.5 Å². The summed E-state index contributed by atoms with van der Waals surface area (Å²) in [6.45, 7) is 5.62. The van der Waals surface area contributed by atoms with Crippen LogP contribution in [0.25, 0.3) is 0 Å². The third-order valence-electron chi connectivity index (χ3n) is 4.49. The molecular weight excluding hydrogens is 370 g/mol. The summed E-state index contributed by atoms with van der Waals surface area (Å²) in [6.07, 6.45) is 0. The number of sulfonamides is 1. The molecule has 2 aromatic rings. The van der Waals surface area contributed by atoms with Gasteiger partial charge in [-0.1, -0.05) is 24.3 Å². The number of aryl methyl sites for hydroxylation is 1. The molecule has 2 heterocycles. The highest BCUT2D eigenvalue weighted by atomic mass is 32.2. The summed E-state index contributed by atoms with van der Waals surface area (Å²) in [5.74, 6) is 0.0832. The number of nitrogens with one attached hydrogen (secondary N) is 1. The smallest absolute Gasteiger partial charge is 0.264 e. The summed E-state index contributed by atoms with van der Waals surface area (Å²) in [7, 11) is -3.49. The van der Waals surface area contributed by atoms with Gasteiger partial charge in [-0.05, 0) is 30.0 Å². The van der Waals surface area contributed by atoms with Crippen LogP contribution in [0.5, 0.6) is 0 Å². The first-order valence-electron chi connectivity index (χ1n) is 8.58. The fraction of sp³-hybridized carbons (Fsp3) is 0.389. The summed E-state index contributed by atoms with van der Waals surface area (Å²) in [6, 6.07) is 10.7. The fourth-order valence-corrected chi connectivity index (χ4v) is 4.96. The molecule has 0 saturated carbocycles. The van der Waals surface area contributed by atoms with E-state index in [4.69, 9.17) is 0 Å².